The van der Waals surface area contributed by atoms with Crippen LogP contribution in [-0.4, -0.2) is 15.0 Å². The van der Waals surface area contributed by atoms with Gasteiger partial charge in [-0.15, -0.1) is 0 Å². The predicted molar refractivity (Wildman–Crippen MR) is 74.7 cm³/mol. The van der Waals surface area contributed by atoms with Crippen molar-refractivity contribution in [2.75, 3.05) is 6.61 Å². The molecule has 2 rings (SSSR count). The molecule has 19 heavy (non-hydrogen) atoms. The topological polar surface area (TPSA) is 69.4 Å². The van der Waals surface area contributed by atoms with Crippen molar-refractivity contribution in [3.05, 3.63) is 23.3 Å². The summed E-state index contributed by atoms with van der Waals surface area (Å²) in [6.45, 7) is 4.21. The zero-order valence-corrected chi connectivity index (χ0v) is 12.3. The molecule has 1 aromatic rings. The molecule has 5 heteroatoms. The van der Waals surface area contributed by atoms with Crippen LogP contribution < -0.4 is 9.88 Å². The molecule has 0 heterocycles. The van der Waals surface area contributed by atoms with Crippen molar-refractivity contribution in [2.45, 2.75) is 44.4 Å². The first-order valence-corrected chi connectivity index (χ1v) is 8.19. The fourth-order valence-corrected chi connectivity index (χ4v) is 3.85. The molecule has 4 nitrogen and oxygen atoms in total. The average Bonchev–Trinajstić information content (AvgIpc) is 2.76. The summed E-state index contributed by atoms with van der Waals surface area (Å²) < 4.78 is 28.8. The molecule has 2 N–H and O–H groups in total. The van der Waals surface area contributed by atoms with Crippen molar-refractivity contribution in [2.24, 2.45) is 11.1 Å². The highest BCUT2D eigenvalue weighted by atomic mass is 32.2. The highest BCUT2D eigenvalue weighted by Gasteiger charge is 2.18. The number of ether oxygens (including phenoxy) is 1. The third-order valence-electron chi connectivity index (χ3n) is 3.68. The van der Waals surface area contributed by atoms with E-state index in [1.807, 2.05) is 0 Å². The molecule has 0 aromatic heterocycles. The minimum Gasteiger partial charge on any atom is -0.493 e. The normalized spacial score (nSPS) is 16.8. The Bertz CT molecular complexity index is 537. The zero-order chi connectivity index (χ0) is 14.0. The molecule has 0 spiro atoms. The molecule has 0 atom stereocenters. The van der Waals surface area contributed by atoms with Crippen molar-refractivity contribution in [3.63, 3.8) is 0 Å². The Morgan fingerprint density at radius 1 is 1.21 bits per heavy atom. The molecule has 0 saturated heterocycles. The Kier molecular flexibility index (Phi) is 4.16. The van der Waals surface area contributed by atoms with E-state index < -0.39 is 10.0 Å². The second kappa shape index (κ2) is 5.51. The molecule has 1 aliphatic carbocycles. The number of rotatable bonds is 4. The van der Waals surface area contributed by atoms with Gasteiger partial charge in [0.05, 0.1) is 11.5 Å². The first kappa shape index (κ1) is 14.3. The maximum atomic E-state index is 11.5. The Morgan fingerprint density at radius 2 is 1.74 bits per heavy atom. The van der Waals surface area contributed by atoms with E-state index in [1.54, 1.807) is 26.0 Å². The van der Waals surface area contributed by atoms with Gasteiger partial charge in [0.2, 0.25) is 10.0 Å². The van der Waals surface area contributed by atoms with Crippen molar-refractivity contribution < 1.29 is 13.2 Å². The van der Waals surface area contributed by atoms with Crippen LogP contribution in [0.4, 0.5) is 0 Å². The first-order valence-electron chi connectivity index (χ1n) is 6.65. The smallest absolute Gasteiger partial charge is 0.238 e. The molecule has 0 unspecified atom stereocenters. The molecular weight excluding hydrogens is 262 g/mol. The van der Waals surface area contributed by atoms with Gasteiger partial charge in [-0.1, -0.05) is 12.8 Å². The zero-order valence-electron chi connectivity index (χ0n) is 11.5. The Labute approximate surface area is 115 Å². The Hall–Kier alpha value is -1.07. The minimum atomic E-state index is -3.67. The fourth-order valence-electron chi connectivity index (χ4n) is 2.83. The summed E-state index contributed by atoms with van der Waals surface area (Å²) in [6.07, 6.45) is 5.04. The number of aryl methyl sites for hydroxylation is 2. The average molecular weight is 283 g/mol. The van der Waals surface area contributed by atoms with Gasteiger partial charge in [-0.2, -0.15) is 0 Å². The van der Waals surface area contributed by atoms with E-state index in [9.17, 15) is 8.42 Å². The SMILES string of the molecule is Cc1cc(OCC2CCCC2)cc(C)c1S(N)(=O)=O. The van der Waals surface area contributed by atoms with E-state index >= 15 is 0 Å². The van der Waals surface area contributed by atoms with Crippen LogP contribution in [0.3, 0.4) is 0 Å². The predicted octanol–water partition coefficient (Wildman–Crippen LogP) is 2.52. The van der Waals surface area contributed by atoms with Crippen LogP contribution in [-0.2, 0) is 10.0 Å². The number of hydrogen-bond donors (Lipinski definition) is 1. The quantitative estimate of drug-likeness (QED) is 0.923. The van der Waals surface area contributed by atoms with Crippen molar-refractivity contribution >= 4 is 10.0 Å². The number of nitrogens with two attached hydrogens (primary N) is 1. The summed E-state index contributed by atoms with van der Waals surface area (Å²) in [5.74, 6) is 1.37. The highest BCUT2D eigenvalue weighted by molar-refractivity contribution is 7.89. The van der Waals surface area contributed by atoms with Crippen LogP contribution in [0.15, 0.2) is 17.0 Å². The third kappa shape index (κ3) is 3.48. The summed E-state index contributed by atoms with van der Waals surface area (Å²) in [6, 6.07) is 3.50. The van der Waals surface area contributed by atoms with E-state index in [2.05, 4.69) is 0 Å². The molecule has 0 bridgehead atoms. The van der Waals surface area contributed by atoms with Gasteiger partial charge in [0, 0.05) is 0 Å². The van der Waals surface area contributed by atoms with Crippen LogP contribution in [0.1, 0.15) is 36.8 Å². The summed E-state index contributed by atoms with van der Waals surface area (Å²) in [5, 5.41) is 5.21. The van der Waals surface area contributed by atoms with E-state index in [1.165, 1.54) is 25.7 Å². The molecule has 1 fully saturated rings. The van der Waals surface area contributed by atoms with E-state index in [4.69, 9.17) is 9.88 Å². The van der Waals surface area contributed by atoms with Gasteiger partial charge in [-0.05, 0) is 55.9 Å². The van der Waals surface area contributed by atoms with Gasteiger partial charge in [-0.25, -0.2) is 13.6 Å². The molecule has 1 aliphatic rings. The maximum Gasteiger partial charge on any atom is 0.238 e. The largest absolute Gasteiger partial charge is 0.493 e. The third-order valence-corrected chi connectivity index (χ3v) is 4.89. The molecule has 106 valence electrons. The minimum absolute atomic E-state index is 0.209. The lowest BCUT2D eigenvalue weighted by Gasteiger charge is -2.14. The van der Waals surface area contributed by atoms with Crippen molar-refractivity contribution in [1.82, 2.24) is 0 Å². The second-order valence-corrected chi connectivity index (χ2v) is 6.89. The lowest BCUT2D eigenvalue weighted by Crippen LogP contribution is -2.16. The van der Waals surface area contributed by atoms with Gasteiger partial charge < -0.3 is 4.74 Å². The fraction of sp³-hybridized carbons (Fsp3) is 0.571. The molecule has 0 radical (unpaired) electrons. The van der Waals surface area contributed by atoms with Crippen LogP contribution >= 0.6 is 0 Å². The number of sulfonamides is 1. The van der Waals surface area contributed by atoms with Crippen LogP contribution in [0.2, 0.25) is 0 Å². The van der Waals surface area contributed by atoms with Gasteiger partial charge >= 0.3 is 0 Å². The van der Waals surface area contributed by atoms with E-state index in [0.717, 1.165) is 5.75 Å². The molecule has 0 aliphatic heterocycles. The van der Waals surface area contributed by atoms with Gasteiger partial charge in [0.25, 0.3) is 0 Å². The van der Waals surface area contributed by atoms with Crippen LogP contribution in [0, 0.1) is 19.8 Å². The summed E-state index contributed by atoms with van der Waals surface area (Å²) >= 11 is 0. The monoisotopic (exact) mass is 283 g/mol. The lowest BCUT2D eigenvalue weighted by molar-refractivity contribution is 0.251. The van der Waals surface area contributed by atoms with Crippen LogP contribution in [0.5, 0.6) is 5.75 Å². The van der Waals surface area contributed by atoms with Gasteiger partial charge in [0.15, 0.2) is 0 Å². The van der Waals surface area contributed by atoms with Gasteiger partial charge in [0.1, 0.15) is 5.75 Å². The summed E-state index contributed by atoms with van der Waals surface area (Å²) in [4.78, 5) is 0.209. The van der Waals surface area contributed by atoms with Crippen molar-refractivity contribution in [1.29, 1.82) is 0 Å². The lowest BCUT2D eigenvalue weighted by atomic mass is 10.1. The number of hydrogen-bond acceptors (Lipinski definition) is 3. The molecular formula is C14H21NO3S. The maximum absolute atomic E-state index is 11.5. The standard InChI is InChI=1S/C14H21NO3S/c1-10-7-13(18-9-12-5-3-4-6-12)8-11(2)14(10)19(15,16)17/h7-8,12H,3-6,9H2,1-2H3,(H2,15,16,17). The number of benzene rings is 1. The Balaban J connectivity index is 2.15. The summed E-state index contributed by atoms with van der Waals surface area (Å²) in [5.41, 5.74) is 1.29. The van der Waals surface area contributed by atoms with E-state index in [0.29, 0.717) is 23.7 Å². The molecule has 1 aromatic carbocycles. The van der Waals surface area contributed by atoms with E-state index in [-0.39, 0.29) is 4.90 Å². The summed E-state index contributed by atoms with van der Waals surface area (Å²) in [7, 11) is -3.67. The van der Waals surface area contributed by atoms with Crippen LogP contribution in [0.25, 0.3) is 0 Å². The molecule has 0 amide bonds. The van der Waals surface area contributed by atoms with Gasteiger partial charge in [-0.3, -0.25) is 0 Å². The number of primary sulfonamides is 1. The first-order chi connectivity index (χ1) is 8.88. The Morgan fingerprint density at radius 3 is 2.21 bits per heavy atom. The van der Waals surface area contributed by atoms with Crippen molar-refractivity contribution in [3.8, 4) is 5.75 Å². The highest BCUT2D eigenvalue weighted by Crippen LogP contribution is 2.28. The molecule has 1 saturated carbocycles. The second-order valence-electron chi connectivity index (χ2n) is 5.39.